The summed E-state index contributed by atoms with van der Waals surface area (Å²) in [5, 5.41) is 2.87. The second kappa shape index (κ2) is 5.44. The standard InChI is InChI=1S/C10H17N3O/c1-2-4-8(7-11)13-10(14)9-5-3-6-12-9/h3,5-6,8,12H,2,4,7,11H2,1H3,(H,13,14). The van der Waals surface area contributed by atoms with Crippen molar-refractivity contribution in [3.63, 3.8) is 0 Å². The second-order valence-electron chi connectivity index (χ2n) is 3.28. The minimum atomic E-state index is -0.0844. The zero-order valence-electron chi connectivity index (χ0n) is 8.42. The van der Waals surface area contributed by atoms with E-state index in [-0.39, 0.29) is 11.9 Å². The summed E-state index contributed by atoms with van der Waals surface area (Å²) in [6, 6.07) is 3.62. The summed E-state index contributed by atoms with van der Waals surface area (Å²) in [5.74, 6) is -0.0844. The van der Waals surface area contributed by atoms with Crippen molar-refractivity contribution < 1.29 is 4.79 Å². The second-order valence-corrected chi connectivity index (χ2v) is 3.28. The summed E-state index contributed by atoms with van der Waals surface area (Å²) < 4.78 is 0. The number of hydrogen-bond donors (Lipinski definition) is 3. The first kappa shape index (κ1) is 10.8. The molecule has 0 bridgehead atoms. The third-order valence-electron chi connectivity index (χ3n) is 2.10. The number of carbonyl (C=O) groups excluding carboxylic acids is 1. The highest BCUT2D eigenvalue weighted by Crippen LogP contribution is 1.98. The largest absolute Gasteiger partial charge is 0.357 e. The van der Waals surface area contributed by atoms with Crippen molar-refractivity contribution in [1.82, 2.24) is 10.3 Å². The van der Waals surface area contributed by atoms with Gasteiger partial charge in [0.05, 0.1) is 0 Å². The Kier molecular flexibility index (Phi) is 4.19. The van der Waals surface area contributed by atoms with Gasteiger partial charge in [0.25, 0.3) is 5.91 Å². The van der Waals surface area contributed by atoms with Crippen LogP contribution in [-0.2, 0) is 0 Å². The lowest BCUT2D eigenvalue weighted by Gasteiger charge is -2.14. The molecule has 4 nitrogen and oxygen atoms in total. The molecule has 0 aliphatic carbocycles. The molecule has 0 aromatic carbocycles. The average Bonchev–Trinajstić information content (AvgIpc) is 2.69. The van der Waals surface area contributed by atoms with Gasteiger partial charge in [0.1, 0.15) is 5.69 Å². The Balaban J connectivity index is 2.47. The molecule has 4 N–H and O–H groups in total. The first-order valence-corrected chi connectivity index (χ1v) is 4.92. The van der Waals surface area contributed by atoms with Crippen LogP contribution in [0, 0.1) is 0 Å². The number of rotatable bonds is 5. The van der Waals surface area contributed by atoms with Gasteiger partial charge in [0.15, 0.2) is 0 Å². The minimum absolute atomic E-state index is 0.0794. The maximum absolute atomic E-state index is 11.6. The Bertz CT molecular complexity index is 269. The summed E-state index contributed by atoms with van der Waals surface area (Å²) in [4.78, 5) is 14.4. The number of amides is 1. The van der Waals surface area contributed by atoms with Crippen molar-refractivity contribution in [3.8, 4) is 0 Å². The number of aromatic amines is 1. The Hall–Kier alpha value is -1.29. The lowest BCUT2D eigenvalue weighted by molar-refractivity contribution is 0.0931. The van der Waals surface area contributed by atoms with Crippen molar-refractivity contribution in [1.29, 1.82) is 0 Å². The molecule has 0 radical (unpaired) electrons. The lowest BCUT2D eigenvalue weighted by atomic mass is 10.1. The third-order valence-corrected chi connectivity index (χ3v) is 2.10. The van der Waals surface area contributed by atoms with Gasteiger partial charge in [0, 0.05) is 18.8 Å². The van der Waals surface area contributed by atoms with E-state index in [9.17, 15) is 4.79 Å². The van der Waals surface area contributed by atoms with Gasteiger partial charge in [-0.05, 0) is 18.6 Å². The van der Waals surface area contributed by atoms with Gasteiger partial charge in [-0.1, -0.05) is 13.3 Å². The van der Waals surface area contributed by atoms with Crippen LogP contribution in [0.1, 0.15) is 30.3 Å². The predicted molar refractivity (Wildman–Crippen MR) is 56.0 cm³/mol. The molecule has 4 heteroatoms. The Morgan fingerprint density at radius 3 is 3.00 bits per heavy atom. The molecule has 1 rings (SSSR count). The Morgan fingerprint density at radius 1 is 1.71 bits per heavy atom. The molecule has 0 fully saturated rings. The van der Waals surface area contributed by atoms with E-state index >= 15 is 0 Å². The summed E-state index contributed by atoms with van der Waals surface area (Å²) in [5.41, 5.74) is 6.12. The van der Waals surface area contributed by atoms with Gasteiger partial charge in [0.2, 0.25) is 0 Å². The molecule has 1 amide bonds. The molecular weight excluding hydrogens is 178 g/mol. The number of hydrogen-bond acceptors (Lipinski definition) is 2. The van der Waals surface area contributed by atoms with Crippen molar-refractivity contribution in [2.75, 3.05) is 6.54 Å². The molecule has 1 atom stereocenters. The van der Waals surface area contributed by atoms with E-state index < -0.39 is 0 Å². The van der Waals surface area contributed by atoms with E-state index in [4.69, 9.17) is 5.73 Å². The van der Waals surface area contributed by atoms with Crippen LogP contribution in [-0.4, -0.2) is 23.5 Å². The number of aromatic nitrogens is 1. The van der Waals surface area contributed by atoms with Crippen LogP contribution in [0.5, 0.6) is 0 Å². The topological polar surface area (TPSA) is 70.9 Å². The zero-order valence-corrected chi connectivity index (χ0v) is 8.42. The van der Waals surface area contributed by atoms with Gasteiger partial charge in [-0.2, -0.15) is 0 Å². The van der Waals surface area contributed by atoms with Crippen molar-refractivity contribution >= 4 is 5.91 Å². The highest BCUT2D eigenvalue weighted by atomic mass is 16.1. The van der Waals surface area contributed by atoms with Gasteiger partial charge in [-0.3, -0.25) is 4.79 Å². The first-order valence-electron chi connectivity index (χ1n) is 4.92. The van der Waals surface area contributed by atoms with Gasteiger partial charge in [-0.25, -0.2) is 0 Å². The average molecular weight is 195 g/mol. The molecule has 14 heavy (non-hydrogen) atoms. The summed E-state index contributed by atoms with van der Waals surface area (Å²) in [6.45, 7) is 2.56. The molecule has 1 unspecified atom stereocenters. The maximum atomic E-state index is 11.6. The molecule has 78 valence electrons. The molecular formula is C10H17N3O. The first-order chi connectivity index (χ1) is 6.77. The van der Waals surface area contributed by atoms with Crippen molar-refractivity contribution in [2.24, 2.45) is 5.73 Å². The van der Waals surface area contributed by atoms with Crippen LogP contribution in [0.3, 0.4) is 0 Å². The SMILES string of the molecule is CCCC(CN)NC(=O)c1ccc[nH]1. The summed E-state index contributed by atoms with van der Waals surface area (Å²) in [6.07, 6.45) is 3.67. The molecule has 1 aromatic heterocycles. The third kappa shape index (κ3) is 2.88. The minimum Gasteiger partial charge on any atom is -0.357 e. The summed E-state index contributed by atoms with van der Waals surface area (Å²) >= 11 is 0. The predicted octanol–water partition coefficient (Wildman–Crippen LogP) is 0.872. The van der Waals surface area contributed by atoms with E-state index in [1.807, 2.05) is 0 Å². The van der Waals surface area contributed by atoms with Crippen LogP contribution in [0.15, 0.2) is 18.3 Å². The number of carbonyl (C=O) groups is 1. The van der Waals surface area contributed by atoms with Gasteiger partial charge in [-0.15, -0.1) is 0 Å². The van der Waals surface area contributed by atoms with Crippen LogP contribution in [0.25, 0.3) is 0 Å². The highest BCUT2D eigenvalue weighted by Gasteiger charge is 2.11. The smallest absolute Gasteiger partial charge is 0.267 e. The van der Waals surface area contributed by atoms with Crippen LogP contribution in [0.4, 0.5) is 0 Å². The molecule has 0 spiro atoms. The normalized spacial score (nSPS) is 12.4. The van der Waals surface area contributed by atoms with E-state index in [1.165, 1.54) is 0 Å². The van der Waals surface area contributed by atoms with Crippen LogP contribution in [0.2, 0.25) is 0 Å². The van der Waals surface area contributed by atoms with Crippen molar-refractivity contribution in [2.45, 2.75) is 25.8 Å². The molecule has 0 saturated heterocycles. The molecule has 1 heterocycles. The number of nitrogens with two attached hydrogens (primary N) is 1. The Morgan fingerprint density at radius 2 is 2.50 bits per heavy atom. The molecule has 0 aliphatic heterocycles. The van der Waals surface area contributed by atoms with Crippen molar-refractivity contribution in [3.05, 3.63) is 24.0 Å². The zero-order chi connectivity index (χ0) is 10.4. The maximum Gasteiger partial charge on any atom is 0.267 e. The molecule has 0 aliphatic rings. The number of nitrogens with one attached hydrogen (secondary N) is 2. The monoisotopic (exact) mass is 195 g/mol. The quantitative estimate of drug-likeness (QED) is 0.652. The Labute approximate surface area is 83.9 Å². The molecule has 0 saturated carbocycles. The summed E-state index contributed by atoms with van der Waals surface area (Å²) in [7, 11) is 0. The van der Waals surface area contributed by atoms with Crippen LogP contribution < -0.4 is 11.1 Å². The lowest BCUT2D eigenvalue weighted by Crippen LogP contribution is -2.40. The van der Waals surface area contributed by atoms with E-state index in [1.54, 1.807) is 18.3 Å². The van der Waals surface area contributed by atoms with Gasteiger partial charge < -0.3 is 16.0 Å². The van der Waals surface area contributed by atoms with Crippen LogP contribution >= 0.6 is 0 Å². The fourth-order valence-electron chi connectivity index (χ4n) is 1.33. The highest BCUT2D eigenvalue weighted by molar-refractivity contribution is 5.92. The van der Waals surface area contributed by atoms with E-state index in [2.05, 4.69) is 17.2 Å². The fourth-order valence-corrected chi connectivity index (χ4v) is 1.33. The number of H-pyrrole nitrogens is 1. The molecule has 1 aromatic rings. The fraction of sp³-hybridized carbons (Fsp3) is 0.500. The van der Waals surface area contributed by atoms with Gasteiger partial charge >= 0.3 is 0 Å². The van der Waals surface area contributed by atoms with E-state index in [0.29, 0.717) is 12.2 Å². The van der Waals surface area contributed by atoms with E-state index in [0.717, 1.165) is 12.8 Å².